The van der Waals surface area contributed by atoms with Crippen LogP contribution in [0, 0.1) is 36.5 Å². The summed E-state index contributed by atoms with van der Waals surface area (Å²) < 4.78 is 13.1. The highest BCUT2D eigenvalue weighted by atomic mass is 16.5. The lowest BCUT2D eigenvalue weighted by Gasteiger charge is -1.92. The number of hydrogen-bond donors (Lipinski definition) is 2. The zero-order valence-corrected chi connectivity index (χ0v) is 15.8. The van der Waals surface area contributed by atoms with Crippen molar-refractivity contribution < 1.29 is 43.6 Å². The van der Waals surface area contributed by atoms with E-state index in [2.05, 4.69) is 45.5 Å². The van der Waals surface area contributed by atoms with Crippen LogP contribution in [0.4, 0.5) is 0 Å². The number of aliphatic hydroxyl groups excluding tert-OH is 1. The molecule has 0 radical (unpaired) electrons. The van der Waals surface area contributed by atoms with Crippen molar-refractivity contribution in [2.75, 3.05) is 20.3 Å². The number of ether oxygens (including phenoxy) is 3. The van der Waals surface area contributed by atoms with Crippen LogP contribution < -0.4 is 0 Å². The fourth-order valence-corrected chi connectivity index (χ4v) is 0.627. The van der Waals surface area contributed by atoms with Crippen LogP contribution in [0.2, 0.25) is 0 Å². The molecule has 9 nitrogen and oxygen atoms in total. The predicted octanol–water partition coefficient (Wildman–Crippen LogP) is 0.857. The molecule has 0 aliphatic rings. The van der Waals surface area contributed by atoms with Gasteiger partial charge in [0, 0.05) is 23.8 Å². The quantitative estimate of drug-likeness (QED) is 0.178. The van der Waals surface area contributed by atoms with Gasteiger partial charge in [0.2, 0.25) is 0 Å². The average molecular weight is 394 g/mol. The molecular weight excluding hydrogens is 372 g/mol. The summed E-state index contributed by atoms with van der Waals surface area (Å²) in [4.78, 5) is 40.2. The molecule has 0 fully saturated rings. The summed E-state index contributed by atoms with van der Waals surface area (Å²) in [6.07, 6.45) is 12.0. The van der Waals surface area contributed by atoms with Crippen LogP contribution in [-0.2, 0) is 33.4 Å². The van der Waals surface area contributed by atoms with E-state index in [9.17, 15) is 14.4 Å². The van der Waals surface area contributed by atoms with Crippen LogP contribution in [0.5, 0.6) is 0 Å². The number of allylic oxidation sites excluding steroid dienone is 1. The van der Waals surface area contributed by atoms with Gasteiger partial charge >= 0.3 is 23.9 Å². The van der Waals surface area contributed by atoms with Gasteiger partial charge in [-0.15, -0.1) is 12.8 Å². The maximum atomic E-state index is 10.7. The first kappa shape index (κ1) is 31.6. The second-order valence-corrected chi connectivity index (χ2v) is 3.34. The minimum absolute atomic E-state index is 0.287. The maximum absolute atomic E-state index is 10.7. The lowest BCUT2D eigenvalue weighted by molar-refractivity contribution is -0.137. The predicted molar refractivity (Wildman–Crippen MR) is 100 cm³/mol. The molecule has 0 aliphatic carbocycles. The third-order valence-electron chi connectivity index (χ3n) is 1.47. The standard InChI is InChI=1S/C10H12O4.C4H4O2.C3H2O2.C2H4O/c1-3-13-9(11)7-5-6-8-10(12)14-4-2;1-3-4(5)6-2;1-2-3(4)5;1-2-3/h5,7H,3-4H2,1-2H3;1H,2H3;1H,(H,4,5);2-3H,1H2/b7-5+;;;. The molecular formula is C19H22O9. The third kappa shape index (κ3) is 43.1. The van der Waals surface area contributed by atoms with Crippen LogP contribution in [0.15, 0.2) is 25.0 Å². The van der Waals surface area contributed by atoms with Gasteiger partial charge in [0.15, 0.2) is 0 Å². The number of terminal acetylenes is 2. The number of carboxylic acid groups (broad SMARTS) is 1. The van der Waals surface area contributed by atoms with E-state index in [1.54, 1.807) is 19.8 Å². The van der Waals surface area contributed by atoms with Gasteiger partial charge in [0.05, 0.1) is 26.6 Å². The van der Waals surface area contributed by atoms with Crippen LogP contribution >= 0.6 is 0 Å². The highest BCUT2D eigenvalue weighted by Gasteiger charge is 1.92. The first-order valence-corrected chi connectivity index (χ1v) is 7.21. The van der Waals surface area contributed by atoms with Crippen LogP contribution in [0.3, 0.4) is 0 Å². The number of carbonyl (C=O) groups excluding carboxylic acids is 3. The summed E-state index contributed by atoms with van der Waals surface area (Å²) in [6.45, 7) is 6.91. The molecule has 0 atom stereocenters. The number of aliphatic hydroxyl groups is 1. The van der Waals surface area contributed by atoms with E-state index in [0.29, 0.717) is 6.61 Å². The molecule has 0 aromatic heterocycles. The average Bonchev–Trinajstić information content (AvgIpc) is 2.66. The Morgan fingerprint density at radius 3 is 1.79 bits per heavy atom. The Morgan fingerprint density at radius 1 is 1.04 bits per heavy atom. The van der Waals surface area contributed by atoms with Crippen molar-refractivity contribution in [1.82, 2.24) is 0 Å². The van der Waals surface area contributed by atoms with Crippen LogP contribution in [0.1, 0.15) is 13.8 Å². The van der Waals surface area contributed by atoms with Gasteiger partial charge in [-0.3, -0.25) is 0 Å². The lowest BCUT2D eigenvalue weighted by atomic mass is 10.5. The molecule has 0 rings (SSSR count). The second-order valence-electron chi connectivity index (χ2n) is 3.34. The Morgan fingerprint density at radius 2 is 1.50 bits per heavy atom. The number of carbonyl (C=O) groups is 4. The molecule has 0 saturated carbocycles. The van der Waals surface area contributed by atoms with Gasteiger partial charge < -0.3 is 24.4 Å². The number of methoxy groups -OCH3 is 1. The molecule has 0 unspecified atom stereocenters. The van der Waals surface area contributed by atoms with E-state index in [1.165, 1.54) is 19.1 Å². The monoisotopic (exact) mass is 394 g/mol. The Bertz CT molecular complexity index is 650. The number of hydrogen-bond acceptors (Lipinski definition) is 8. The van der Waals surface area contributed by atoms with Gasteiger partial charge in [-0.05, 0) is 19.9 Å². The molecule has 0 aromatic carbocycles. The minimum Gasteiger partial charge on any atom is -0.516 e. The molecule has 9 heteroatoms. The maximum Gasteiger partial charge on any atom is 0.384 e. The van der Waals surface area contributed by atoms with Crippen molar-refractivity contribution in [3.8, 4) is 36.5 Å². The Kier molecular flexibility index (Phi) is 31.2. The summed E-state index contributed by atoms with van der Waals surface area (Å²) in [5.74, 6) is 4.79. The van der Waals surface area contributed by atoms with Crippen LogP contribution in [-0.4, -0.2) is 54.4 Å². The van der Waals surface area contributed by atoms with E-state index >= 15 is 0 Å². The van der Waals surface area contributed by atoms with Crippen molar-refractivity contribution in [3.63, 3.8) is 0 Å². The first-order valence-electron chi connectivity index (χ1n) is 7.21. The fraction of sp³-hybridized carbons (Fsp3) is 0.263. The fourth-order valence-electron chi connectivity index (χ4n) is 0.627. The topological polar surface area (TPSA) is 136 Å². The normalized spacial score (nSPS) is 7.18. The third-order valence-corrected chi connectivity index (χ3v) is 1.47. The molecule has 0 heterocycles. The molecule has 0 saturated heterocycles. The molecule has 0 amide bonds. The SMILES string of the molecule is C#CC(=O)O.C#CC(=O)OC.C=CO.CCOC(=O)C#C/C=C/C(=O)OCC. The molecule has 0 aliphatic heterocycles. The van der Waals surface area contributed by atoms with Gasteiger partial charge in [0.1, 0.15) is 0 Å². The Balaban J connectivity index is -0.000000169. The molecule has 0 aromatic rings. The smallest absolute Gasteiger partial charge is 0.384 e. The van der Waals surface area contributed by atoms with E-state index in [-0.39, 0.29) is 6.61 Å². The largest absolute Gasteiger partial charge is 0.516 e. The van der Waals surface area contributed by atoms with Crippen molar-refractivity contribution in [3.05, 3.63) is 25.0 Å². The minimum atomic E-state index is -1.22. The van der Waals surface area contributed by atoms with Crippen LogP contribution in [0.25, 0.3) is 0 Å². The van der Waals surface area contributed by atoms with Crippen molar-refractivity contribution in [2.45, 2.75) is 13.8 Å². The first-order chi connectivity index (χ1) is 13.2. The number of rotatable bonds is 3. The summed E-state index contributed by atoms with van der Waals surface area (Å²) in [5, 5.41) is 14.8. The van der Waals surface area contributed by atoms with Crippen molar-refractivity contribution >= 4 is 23.9 Å². The van der Waals surface area contributed by atoms with Crippen molar-refractivity contribution in [2.24, 2.45) is 0 Å². The van der Waals surface area contributed by atoms with Gasteiger partial charge in [-0.1, -0.05) is 12.5 Å². The lowest BCUT2D eigenvalue weighted by Crippen LogP contribution is -1.99. The summed E-state index contributed by atoms with van der Waals surface area (Å²) >= 11 is 0. The van der Waals surface area contributed by atoms with Gasteiger partial charge in [0.25, 0.3) is 0 Å². The van der Waals surface area contributed by atoms with E-state index < -0.39 is 23.9 Å². The summed E-state index contributed by atoms with van der Waals surface area (Å²) in [5.41, 5.74) is 0. The van der Waals surface area contributed by atoms with Crippen molar-refractivity contribution in [1.29, 1.82) is 0 Å². The Labute approximate surface area is 164 Å². The Hall–Kier alpha value is -4.16. The number of esters is 3. The highest BCUT2D eigenvalue weighted by molar-refractivity contribution is 5.89. The van der Waals surface area contributed by atoms with Gasteiger partial charge in [-0.2, -0.15) is 0 Å². The highest BCUT2D eigenvalue weighted by Crippen LogP contribution is 1.80. The summed E-state index contributed by atoms with van der Waals surface area (Å²) in [7, 11) is 1.24. The zero-order chi connectivity index (χ0) is 22.8. The molecule has 0 spiro atoms. The number of carboxylic acids is 1. The molecule has 152 valence electrons. The molecule has 2 N–H and O–H groups in total. The van der Waals surface area contributed by atoms with E-state index in [4.69, 9.17) is 15.0 Å². The number of aliphatic carboxylic acids is 1. The second kappa shape index (κ2) is 27.7. The van der Waals surface area contributed by atoms with E-state index in [1.807, 2.05) is 0 Å². The van der Waals surface area contributed by atoms with E-state index in [0.717, 1.165) is 12.3 Å². The zero-order valence-electron chi connectivity index (χ0n) is 15.8. The molecule has 0 bridgehead atoms. The van der Waals surface area contributed by atoms with Gasteiger partial charge in [-0.25, -0.2) is 19.2 Å². The summed E-state index contributed by atoms with van der Waals surface area (Å²) in [6, 6.07) is 0. The molecule has 28 heavy (non-hydrogen) atoms.